The molecular weight excluding hydrogens is 1210 g/mol. The Labute approximate surface area is 629 Å². The molecule has 101 heavy (non-hydrogen) atoms. The number of fused-ring (bicyclic) bond motifs is 51. The van der Waals surface area contributed by atoms with E-state index in [0.29, 0.717) is 0 Å². The van der Waals surface area contributed by atoms with Gasteiger partial charge in [-0.05, 0) is 306 Å². The van der Waals surface area contributed by atoms with Crippen molar-refractivity contribution in [2.75, 3.05) is 0 Å². The van der Waals surface area contributed by atoms with Crippen molar-refractivity contribution < 1.29 is 0 Å². The fourth-order valence-electron chi connectivity index (χ4n) is 32.9. The molecule has 0 nitrogen and oxygen atoms in total. The van der Waals surface area contributed by atoms with Gasteiger partial charge in [0.05, 0.1) is 0 Å². The lowest BCUT2D eigenvalue weighted by Crippen LogP contribution is -2.31. The van der Waals surface area contributed by atoms with E-state index in [4.69, 9.17) is 0 Å². The highest BCUT2D eigenvalue weighted by atomic mass is 14.6. The van der Waals surface area contributed by atoms with Crippen molar-refractivity contribution in [2.24, 2.45) is 178 Å². The maximum absolute atomic E-state index is 1.64. The Morgan fingerprint density at radius 1 is 0.0891 bits per heavy atom. The third kappa shape index (κ3) is 20.2. The summed E-state index contributed by atoms with van der Waals surface area (Å²) in [4.78, 5) is 0. The third-order valence-electron chi connectivity index (χ3n) is 38.8. The molecule has 29 aliphatic carbocycles. The van der Waals surface area contributed by atoms with Gasteiger partial charge in [-0.2, -0.15) is 0 Å². The van der Waals surface area contributed by atoms with Gasteiger partial charge in [-0.25, -0.2) is 0 Å². The first kappa shape index (κ1) is 75.1. The minimum absolute atomic E-state index is 1.11. The van der Waals surface area contributed by atoms with E-state index in [0.717, 1.165) is 71.0 Å². The molecule has 0 aliphatic heterocycles. The van der Waals surface area contributed by atoms with Crippen LogP contribution in [0, 0.1) is 178 Å². The largest absolute Gasteiger partial charge is 0.0530 e. The molecule has 0 spiro atoms. The van der Waals surface area contributed by atoms with Crippen LogP contribution in [0.15, 0.2) is 0 Å². The van der Waals surface area contributed by atoms with Crippen LogP contribution < -0.4 is 0 Å². The Bertz CT molecular complexity index is 2090. The van der Waals surface area contributed by atoms with Gasteiger partial charge in [-0.3, -0.25) is 0 Å². The number of hydrogen-bond acceptors (Lipinski definition) is 0. The van der Waals surface area contributed by atoms with E-state index in [1.807, 2.05) is 0 Å². The summed E-state index contributed by atoms with van der Waals surface area (Å²) >= 11 is 0. The van der Waals surface area contributed by atoms with Crippen LogP contribution in [0.4, 0.5) is 0 Å². The van der Waals surface area contributed by atoms with Crippen molar-refractivity contribution in [1.29, 1.82) is 0 Å². The van der Waals surface area contributed by atoms with Crippen LogP contribution in [0.3, 0.4) is 0 Å². The van der Waals surface area contributed by atoms with E-state index < -0.39 is 0 Å². The Kier molecular flexibility index (Phi) is 28.1. The quantitative estimate of drug-likeness (QED) is 0.212. The van der Waals surface area contributed by atoms with Crippen LogP contribution >= 0.6 is 0 Å². The van der Waals surface area contributed by atoms with E-state index in [1.54, 1.807) is 366 Å². The summed E-state index contributed by atoms with van der Waals surface area (Å²) in [7, 11) is 0. The van der Waals surface area contributed by atoms with Gasteiger partial charge in [-0.1, -0.05) is 327 Å². The normalized spacial score (nSPS) is 49.0. The standard InChI is InChI=1S/C12H18.C12H22.2C11H20.C10H16.2C10H18.C9H14.C8H12.C8H14/c1-2-8-5-7(1)11-9-3-4-10(6-9)12(8)11;1-2-6-12-9-3-7-11(5-1)8-4-10-12;1-4-10-6-2-7-11(5-1)9-3-8-10;1-2-5-11-7-3-6-10(4-1)8-9-11;1-2-9-7-4-5-8(6-7)10(9)3-1;1-3-9-5-2-6-10(4-1)8-7-9;1-2-4-10-7-5-9(3-1)6-8-10;1-2-7-5-6(1)8-3-4-9(7)8;1-2-6-3-5(1)7-4-8(6)7;1-2-8-5-3-7(1)4-6-8/h7-12H,1-6H2;11-12H,1-10H2;2*10-11H,1-9H2;7-10H,1-6H2;2*9-10H,1-8H2;6-9H,1-5H2;5-8H,1-4H2;7-8H,1-6H2. The molecule has 0 aromatic carbocycles. The second kappa shape index (κ2) is 37.8. The highest BCUT2D eigenvalue weighted by Crippen LogP contribution is 2.68. The molecule has 0 N–H and O–H groups in total. The fourth-order valence-corrected chi connectivity index (χ4v) is 32.9. The van der Waals surface area contributed by atoms with Crippen LogP contribution in [0.1, 0.15) is 456 Å². The average Bonchev–Trinajstić information content (AvgIpc) is 1.58. The topological polar surface area (TPSA) is 0 Å². The van der Waals surface area contributed by atoms with Crippen molar-refractivity contribution in [3.8, 4) is 0 Å². The first-order valence-corrected chi connectivity index (χ1v) is 50.0. The lowest BCUT2D eigenvalue weighted by Gasteiger charge is -2.40. The minimum Gasteiger partial charge on any atom is -0.0530 e. The van der Waals surface area contributed by atoms with Crippen molar-refractivity contribution in [3.63, 3.8) is 0 Å². The molecule has 29 fully saturated rings. The number of hydrogen-bond donors (Lipinski definition) is 0. The lowest BCUT2D eigenvalue weighted by atomic mass is 9.66. The second-order valence-electron chi connectivity index (χ2n) is 44.3. The number of rotatable bonds is 0. The van der Waals surface area contributed by atoms with Crippen LogP contribution in [-0.2, 0) is 0 Å². The van der Waals surface area contributed by atoms with Gasteiger partial charge in [-0.15, -0.1) is 0 Å². The predicted octanol–water partition coefficient (Wildman–Crippen LogP) is 31.4. The zero-order valence-electron chi connectivity index (χ0n) is 67.5. The van der Waals surface area contributed by atoms with Crippen molar-refractivity contribution in [3.05, 3.63) is 0 Å². The molecule has 0 aromatic heterocycles. The Morgan fingerprint density at radius 2 is 0.238 bits per heavy atom. The third-order valence-corrected chi connectivity index (χ3v) is 38.8. The molecule has 576 valence electrons. The molecule has 29 saturated carbocycles. The van der Waals surface area contributed by atoms with Crippen molar-refractivity contribution >= 4 is 0 Å². The molecule has 29 aliphatic rings. The smallest absolute Gasteiger partial charge is 0.0323 e. The molecule has 18 unspecified atom stereocenters. The van der Waals surface area contributed by atoms with Crippen molar-refractivity contribution in [1.82, 2.24) is 0 Å². The molecule has 0 aromatic rings. The van der Waals surface area contributed by atoms with Gasteiger partial charge < -0.3 is 0 Å². The lowest BCUT2D eigenvalue weighted by molar-refractivity contribution is 0.103. The van der Waals surface area contributed by atoms with Crippen LogP contribution in [0.2, 0.25) is 0 Å². The molecule has 0 heteroatoms. The maximum Gasteiger partial charge on any atom is -0.0323 e. The Hall–Kier alpha value is 0. The van der Waals surface area contributed by atoms with E-state index in [1.165, 1.54) is 196 Å². The predicted molar refractivity (Wildman–Crippen MR) is 433 cm³/mol. The summed E-state index contributed by atoms with van der Waals surface area (Å²) in [5.74, 6) is 35.4. The Balaban J connectivity index is 0.0000000873. The van der Waals surface area contributed by atoms with Crippen LogP contribution in [0.25, 0.3) is 0 Å². The first-order valence-electron chi connectivity index (χ1n) is 50.0. The summed E-state index contributed by atoms with van der Waals surface area (Å²) in [6, 6.07) is 0. The van der Waals surface area contributed by atoms with E-state index in [-0.39, 0.29) is 0 Å². The van der Waals surface area contributed by atoms with Gasteiger partial charge in [0.2, 0.25) is 0 Å². The zero-order chi connectivity index (χ0) is 67.5. The molecule has 0 amide bonds. The summed E-state index contributed by atoms with van der Waals surface area (Å²) < 4.78 is 0. The van der Waals surface area contributed by atoms with E-state index >= 15 is 0 Å². The highest BCUT2D eigenvalue weighted by Gasteiger charge is 2.60. The van der Waals surface area contributed by atoms with Gasteiger partial charge in [0.1, 0.15) is 0 Å². The summed E-state index contributed by atoms with van der Waals surface area (Å²) in [6.45, 7) is 0. The highest BCUT2D eigenvalue weighted by molar-refractivity contribution is 5.09. The van der Waals surface area contributed by atoms with E-state index in [2.05, 4.69) is 0 Å². The van der Waals surface area contributed by atoms with Crippen molar-refractivity contribution in [2.45, 2.75) is 456 Å². The first-order chi connectivity index (χ1) is 50.0. The maximum atomic E-state index is 1.64. The van der Waals surface area contributed by atoms with Gasteiger partial charge in [0.25, 0.3) is 0 Å². The average molecular weight is 1390 g/mol. The van der Waals surface area contributed by atoms with Gasteiger partial charge in [0, 0.05) is 0 Å². The molecule has 0 radical (unpaired) electrons. The SMILES string of the molecule is C1CC2C3CCC(C3)C2C1.C1CC2CC1C1C3CCC(C3)C21.C1CC2CC1C1CC21.C1CC2CC1C1CCC21.C1CC2CCC1CC2.C1CC2CCCC(C1)CC2.C1CC2CCCC(C1)CCC2.C1CCC2CCC(C1)CC2.C1CCC2CCCC(C1)CC2.C1CCC2CCCC(C1)CCC2. The van der Waals surface area contributed by atoms with Crippen LogP contribution in [-0.4, -0.2) is 0 Å². The zero-order valence-corrected chi connectivity index (χ0v) is 67.5. The summed E-state index contributed by atoms with van der Waals surface area (Å²) in [5.41, 5.74) is 0. The van der Waals surface area contributed by atoms with Crippen LogP contribution in [0.5, 0.6) is 0 Å². The molecule has 22 bridgehead atoms. The second-order valence-corrected chi connectivity index (χ2v) is 44.3. The molecule has 0 heterocycles. The summed E-state index contributed by atoms with van der Waals surface area (Å²) in [5, 5.41) is 0. The molecule has 18 atom stereocenters. The summed E-state index contributed by atoms with van der Waals surface area (Å²) in [6.07, 6.45) is 111. The van der Waals surface area contributed by atoms with Gasteiger partial charge >= 0.3 is 0 Å². The Morgan fingerprint density at radius 3 is 0.446 bits per heavy atom. The fraction of sp³-hybridized carbons (Fsp3) is 1.00. The minimum atomic E-state index is 1.11. The van der Waals surface area contributed by atoms with E-state index in [9.17, 15) is 0 Å². The monoisotopic (exact) mass is 1390 g/mol. The molecule has 29 rings (SSSR count). The van der Waals surface area contributed by atoms with Gasteiger partial charge in [0.15, 0.2) is 0 Å². The molecule has 0 saturated heterocycles. The molecular formula is C101H172.